The third-order valence-electron chi connectivity index (χ3n) is 23.8. The Kier molecular flexibility index (Phi) is 47.3. The number of hydrogen-bond acceptors (Lipinski definition) is 29. The molecule has 796 valence electrons. The highest BCUT2D eigenvalue weighted by molar-refractivity contribution is 8.00. The molecule has 55 heteroatoms. The van der Waals surface area contributed by atoms with Crippen LogP contribution in [0.15, 0.2) is 72.9 Å². The number of allylic oxidation sites excluding steroid dienone is 3. The Morgan fingerprint density at radius 2 is 1.06 bits per heavy atom. The van der Waals surface area contributed by atoms with Crippen molar-refractivity contribution in [3.05, 3.63) is 90.0 Å². The number of carboxylic acid groups (broad SMARTS) is 4. The second kappa shape index (κ2) is 57.6. The Balaban J connectivity index is 1.62. The molecule has 3 aromatic heterocycles. The van der Waals surface area contributed by atoms with E-state index in [4.69, 9.17) is 5.73 Å². The fourth-order valence-electron chi connectivity index (χ4n) is 15.1. The summed E-state index contributed by atoms with van der Waals surface area (Å²) in [5.74, 6) is -34.6. The molecule has 20 atom stereocenters. The number of hydrogen-bond donors (Lipinski definition) is 26. The number of amides is 19. The van der Waals surface area contributed by atoms with Crippen molar-refractivity contribution >= 4 is 160 Å². The average Bonchev–Trinajstić information content (AvgIpc) is 1.71. The van der Waals surface area contributed by atoms with Crippen molar-refractivity contribution < 1.29 is 131 Å². The SMILES string of the molecule is CC=C1NC(=O)C(=CC)NC(=O)C2CSC(C)C(NC(=O)C(Cc3cnc[nH]3)NC(=O)C(=CC)NC(=O)C3CCCN3C(=O)C(N)Cc3cnc[nH]3)C(=O)NC(C(C)C)C(=O)NC(C)C(=O)NC(C(=O)NC(CC(=O)O)C(=O)NC(CC(=O)O)C(=O)NC(CCC(=O)O)C(=O)NCC(=O)NC(Cc3cnc[nH]3)C(=O)NC(CC(C)C)C(=O)N2)C(C)SCC(C(=O)O)NC(=O)C(C(C)CC)NC(=O)C(C(C)CC)NC1=O. The molecule has 0 spiro atoms. The van der Waals surface area contributed by atoms with Gasteiger partial charge in [-0.2, -0.15) is 23.5 Å². The minimum absolute atomic E-state index is 0.0284. The van der Waals surface area contributed by atoms with E-state index in [2.05, 4.69) is 120 Å². The molecule has 3 aliphatic rings. The first-order valence-corrected chi connectivity index (χ1v) is 49.1. The number of rotatable bonds is 28. The lowest BCUT2D eigenvalue weighted by Gasteiger charge is -2.31. The number of nitrogens with two attached hydrogens (primary N) is 1. The Bertz CT molecular complexity index is 5250. The molecule has 0 radical (unpaired) electrons. The van der Waals surface area contributed by atoms with E-state index in [9.17, 15) is 97.1 Å². The van der Waals surface area contributed by atoms with Crippen LogP contribution in [0, 0.1) is 23.7 Å². The van der Waals surface area contributed by atoms with Gasteiger partial charge in [0.05, 0.1) is 44.4 Å². The number of carbonyl (C=O) groups excluding carboxylic acids is 19. The number of aliphatic carboxylic acids is 4. The zero-order valence-corrected chi connectivity index (χ0v) is 84.2. The quantitative estimate of drug-likeness (QED) is 0.0238. The molecule has 145 heavy (non-hydrogen) atoms. The highest BCUT2D eigenvalue weighted by Crippen LogP contribution is 2.25. The monoisotopic (exact) mass is 2070 g/mol. The van der Waals surface area contributed by atoms with E-state index in [1.165, 1.54) is 104 Å². The minimum atomic E-state index is -2.42. The molecule has 53 nitrogen and oxygen atoms in total. The van der Waals surface area contributed by atoms with Crippen molar-refractivity contribution in [2.75, 3.05) is 24.6 Å². The van der Waals surface area contributed by atoms with Gasteiger partial charge in [-0.1, -0.05) is 100 Å². The summed E-state index contributed by atoms with van der Waals surface area (Å²) in [5.41, 5.74) is 5.57. The van der Waals surface area contributed by atoms with Gasteiger partial charge in [-0.3, -0.25) is 105 Å². The lowest BCUT2D eigenvalue weighted by Crippen LogP contribution is -2.63. The number of aromatic amines is 3. The summed E-state index contributed by atoms with van der Waals surface area (Å²) in [5, 5.41) is 81.7. The Morgan fingerprint density at radius 3 is 1.60 bits per heavy atom. The number of nitrogens with zero attached hydrogens (tertiary/aromatic N) is 4. The Morgan fingerprint density at radius 1 is 0.531 bits per heavy atom. The van der Waals surface area contributed by atoms with E-state index in [1.54, 1.807) is 34.6 Å². The predicted octanol–water partition coefficient (Wildman–Crippen LogP) is -5.85. The summed E-state index contributed by atoms with van der Waals surface area (Å²) < 4.78 is 0. The van der Waals surface area contributed by atoms with Gasteiger partial charge in [0.1, 0.15) is 108 Å². The maximum absolute atomic E-state index is 15.8. The summed E-state index contributed by atoms with van der Waals surface area (Å²) in [6, 6.07) is -29.4. The van der Waals surface area contributed by atoms with Crippen LogP contribution in [-0.2, 0) is 130 Å². The van der Waals surface area contributed by atoms with E-state index >= 15 is 33.6 Å². The van der Waals surface area contributed by atoms with E-state index in [0.717, 1.165) is 19.1 Å². The van der Waals surface area contributed by atoms with Crippen LogP contribution in [0.25, 0.3) is 0 Å². The van der Waals surface area contributed by atoms with Crippen LogP contribution in [0.1, 0.15) is 172 Å². The first kappa shape index (κ1) is 119. The molecule has 0 aliphatic carbocycles. The molecule has 3 aliphatic heterocycles. The fraction of sp³-hybridized carbons (Fsp3) is 0.578. The molecular formula is C90H132N26O27S2. The molecule has 0 aromatic carbocycles. The maximum atomic E-state index is 15.8. The van der Waals surface area contributed by atoms with Crippen LogP contribution in [0.3, 0.4) is 0 Å². The van der Waals surface area contributed by atoms with E-state index < -0.39 is 341 Å². The van der Waals surface area contributed by atoms with Gasteiger partial charge in [-0.15, -0.1) is 0 Å². The smallest absolute Gasteiger partial charge is 0.327 e. The highest BCUT2D eigenvalue weighted by atomic mass is 32.2. The van der Waals surface area contributed by atoms with Crippen LogP contribution in [0.5, 0.6) is 0 Å². The average molecular weight is 2070 g/mol. The molecule has 3 fully saturated rings. The topological polar surface area (TPSA) is 805 Å². The van der Waals surface area contributed by atoms with Gasteiger partial charge < -0.3 is 142 Å². The van der Waals surface area contributed by atoms with Crippen molar-refractivity contribution in [3.63, 3.8) is 0 Å². The molecule has 19 amide bonds. The third kappa shape index (κ3) is 36.9. The number of nitrogens with one attached hydrogen (secondary N) is 21. The molecule has 2 bridgehead atoms. The molecule has 27 N–H and O–H groups in total. The lowest BCUT2D eigenvalue weighted by molar-refractivity contribution is -0.143. The number of thioether (sulfide) groups is 2. The number of H-pyrrole nitrogens is 3. The van der Waals surface area contributed by atoms with Gasteiger partial charge in [0.25, 0.3) is 17.7 Å². The van der Waals surface area contributed by atoms with E-state index in [0.29, 0.717) is 35.6 Å². The molecule has 6 rings (SSSR count). The van der Waals surface area contributed by atoms with Crippen LogP contribution >= 0.6 is 23.5 Å². The van der Waals surface area contributed by atoms with E-state index in [-0.39, 0.29) is 50.0 Å². The third-order valence-corrected chi connectivity index (χ3v) is 26.4. The Labute approximate surface area is 841 Å². The number of carboxylic acids is 4. The molecule has 3 aromatic rings. The molecule has 3 saturated heterocycles. The summed E-state index contributed by atoms with van der Waals surface area (Å²) >= 11 is 1.16. The van der Waals surface area contributed by atoms with Crippen molar-refractivity contribution in [1.82, 2.24) is 131 Å². The summed E-state index contributed by atoms with van der Waals surface area (Å²) in [7, 11) is 0. The van der Waals surface area contributed by atoms with Crippen LogP contribution in [0.4, 0.5) is 0 Å². The summed E-state index contributed by atoms with van der Waals surface area (Å²) in [4.78, 5) is 354. The second-order valence-electron chi connectivity index (χ2n) is 35.7. The normalized spacial score (nSPS) is 26.0. The Hall–Kier alpha value is -14.7. The second-order valence-corrected chi connectivity index (χ2v) is 38.5. The number of carbonyl (C=O) groups is 23. The van der Waals surface area contributed by atoms with Gasteiger partial charge in [-0.25, -0.2) is 19.7 Å². The molecule has 6 heterocycles. The van der Waals surface area contributed by atoms with Crippen LogP contribution < -0.4 is 101 Å². The zero-order valence-electron chi connectivity index (χ0n) is 82.6. The number of aromatic nitrogens is 6. The van der Waals surface area contributed by atoms with Gasteiger partial charge in [0, 0.05) is 89.9 Å². The van der Waals surface area contributed by atoms with Crippen molar-refractivity contribution in [2.45, 2.75) is 281 Å². The predicted molar refractivity (Wildman–Crippen MR) is 517 cm³/mol. The number of fused-ring (bicyclic) bond motifs is 13. The number of imidazole rings is 3. The molecular weight excluding hydrogens is 1940 g/mol. The maximum Gasteiger partial charge on any atom is 0.327 e. The molecule has 20 unspecified atom stereocenters. The first-order chi connectivity index (χ1) is 68.4. The van der Waals surface area contributed by atoms with Crippen LogP contribution in [0.2, 0.25) is 0 Å². The lowest BCUT2D eigenvalue weighted by atomic mass is 9.94. The van der Waals surface area contributed by atoms with Gasteiger partial charge in [0.2, 0.25) is 94.5 Å². The van der Waals surface area contributed by atoms with Gasteiger partial charge in [0.15, 0.2) is 0 Å². The fourth-order valence-corrected chi connectivity index (χ4v) is 17.3. The standard InChI is InChI=1S/C90H132N26O27S2/c1-15-42(10)68-85(137)110-61(90(142)143)36-145-45(13)70-87(139)108-59(30-66(122)123)80(132)107-58(29-65(120)121)79(131)104-54(22-23-64(118)119)73(125)95-34-63(117)100-56(27-48-32-93-38-97-48)78(130)105-55(25-40(6)7)77(129)109-60(82(134)102-51(17-3)74(126)101-53(19-5)76(128)112-69(43(11)16-2)86(138)113-68)35-144-46(14)71(88(140)111-67(41(8)9)84(136)99-44(12)72(124)114-70)115-81(133)57(28-49-33-94-39-98-49)106-75(127)52(18-4)103-83(135)62-21-20-24-116(62)89(141)50(91)26-47-31-92-37-96-47/h17-19,31-33,37-46,50,54-62,67-71H,15-16,20-30,34-36,91H2,1-14H3,(H,92,96)(H,93,97)(H,94,98)(H,95,125)(H,99,136)(H,100,117)(H,101,126)(H,102,134)(H,103,135)(H,104,131)(H,105,130)(H,106,127)(H,107,132)(H,108,139)(H,109,129)(H,110,137)(H,111,140)(H,112,128)(H,113,138)(H,114,124)(H,115,133)(H,118,119)(H,120,121)(H,122,123)(H,142,143). The zero-order chi connectivity index (χ0) is 108. The largest absolute Gasteiger partial charge is 0.481 e. The van der Waals surface area contributed by atoms with Crippen molar-refractivity contribution in [3.8, 4) is 0 Å². The van der Waals surface area contributed by atoms with Gasteiger partial charge >= 0.3 is 23.9 Å². The summed E-state index contributed by atoms with van der Waals surface area (Å²) in [6.07, 6.45) is 6.17. The van der Waals surface area contributed by atoms with Gasteiger partial charge in [-0.05, 0) is 77.0 Å². The summed E-state index contributed by atoms with van der Waals surface area (Å²) in [6.45, 7) is 18.9. The van der Waals surface area contributed by atoms with Crippen molar-refractivity contribution in [1.29, 1.82) is 0 Å². The minimum Gasteiger partial charge on any atom is -0.481 e. The van der Waals surface area contributed by atoms with E-state index in [1.807, 2.05) is 5.32 Å². The first-order valence-electron chi connectivity index (χ1n) is 47.0. The molecule has 0 saturated carbocycles. The number of likely N-dealkylation sites (tertiary alicyclic amines) is 1. The van der Waals surface area contributed by atoms with Crippen LogP contribution in [-0.4, -0.2) is 323 Å². The van der Waals surface area contributed by atoms with Crippen molar-refractivity contribution in [2.24, 2.45) is 29.4 Å². The highest BCUT2D eigenvalue weighted by Gasteiger charge is 2.45.